The molecule has 58 heavy (non-hydrogen) atoms. The number of rotatable bonds is 3. The summed E-state index contributed by atoms with van der Waals surface area (Å²) in [4.78, 5) is 18.0. The predicted octanol–water partition coefficient (Wildman–Crippen LogP) is 4.34. The van der Waals surface area contributed by atoms with Gasteiger partial charge in [-0.2, -0.15) is 0 Å². The normalized spacial score (nSPS) is 27.6. The van der Waals surface area contributed by atoms with Crippen LogP contribution < -0.4 is 30.6 Å². The summed E-state index contributed by atoms with van der Waals surface area (Å²) in [5, 5.41) is 50.7. The molecular weight excluding hydrogens is 777 g/mol. The van der Waals surface area contributed by atoms with Gasteiger partial charge in [-0.15, -0.1) is 0 Å². The van der Waals surface area contributed by atoms with Gasteiger partial charge in [-0.05, 0) is 61.6 Å². The smallest absolute Gasteiger partial charge is 0.201 e. The summed E-state index contributed by atoms with van der Waals surface area (Å²) in [6.07, 6.45) is 4.59. The number of hydrogen-bond acceptors (Lipinski definition) is 14. The highest BCUT2D eigenvalue weighted by atomic mass is 33.1. The molecule has 0 saturated heterocycles. The van der Waals surface area contributed by atoms with E-state index in [1.807, 2.05) is 0 Å². The minimum Gasteiger partial charge on any atom is -0.504 e. The number of aliphatic hydroxyl groups excluding tert-OH is 3. The first-order valence-corrected chi connectivity index (χ1v) is 23.0. The molecule has 8 rings (SSSR count). The van der Waals surface area contributed by atoms with Crippen molar-refractivity contribution in [3.05, 3.63) is 46.0 Å². The number of aliphatic imine (C=N–C) groups is 1. The third-order valence-corrected chi connectivity index (χ3v) is 14.7. The fourth-order valence-corrected chi connectivity index (χ4v) is 11.6. The third-order valence-electron chi connectivity index (χ3n) is 12.2. The number of aromatic hydroxyl groups is 1. The molecule has 8 N–H and O–H groups in total. The van der Waals surface area contributed by atoms with Crippen LogP contribution in [0.1, 0.15) is 93.0 Å². The summed E-state index contributed by atoms with van der Waals surface area (Å²) in [6, 6.07) is 4.87. The summed E-state index contributed by atoms with van der Waals surface area (Å²) < 4.78 is 18.7. The number of carbonyl (C=O) groups excluding carboxylic acids is 1. The molecular formula is C44H56N4O8S2. The van der Waals surface area contributed by atoms with Gasteiger partial charge < -0.3 is 45.7 Å². The Balaban J connectivity index is 1.35. The van der Waals surface area contributed by atoms with E-state index in [1.54, 1.807) is 27.7 Å². The lowest BCUT2D eigenvalue weighted by Crippen LogP contribution is -2.51. The Hall–Kier alpha value is -3.76. The fraction of sp³-hybridized carbons (Fsp3) is 0.591. The molecule has 2 aromatic rings. The lowest BCUT2D eigenvalue weighted by Gasteiger charge is -2.40. The molecule has 6 aliphatic rings. The van der Waals surface area contributed by atoms with Crippen molar-refractivity contribution >= 4 is 33.3 Å². The summed E-state index contributed by atoms with van der Waals surface area (Å²) in [5.74, 6) is 15.8. The number of ketones is 1. The zero-order valence-electron chi connectivity index (χ0n) is 33.4. The van der Waals surface area contributed by atoms with E-state index in [1.165, 1.54) is 6.07 Å². The number of aryl methyl sites for hydroxylation is 2. The van der Waals surface area contributed by atoms with Crippen molar-refractivity contribution in [2.45, 2.75) is 121 Å². The van der Waals surface area contributed by atoms with Gasteiger partial charge in [0.2, 0.25) is 6.29 Å². The summed E-state index contributed by atoms with van der Waals surface area (Å²) >= 11 is 0. The molecule has 1 spiro atoms. The standard InChI is InChI=1S/C44H56N4O8S2/c1-26(2)37-23-58-57-22-35-34-21-33-28-11-14-31(51)20-30(50)13-10-27-12-15-38(52)40(55-25-49)32(27)8-5-7-29(19-28)39(41(33)56-42(34)53)54-24-46-44(16-3-4-17-44)18-6-9-36(35)47-43(45)48-37/h12,15,19,26,31,34-37,42,46,49,51-53H,3-4,7,10-11,13-14,16-18,20-25H2,1-2H3,(H3,45,47,48). The number of Topliss-reactive ketones (excluding diaryl/α,β-unsaturated/α-hetero) is 1. The highest BCUT2D eigenvalue weighted by Crippen LogP contribution is 2.47. The first-order valence-electron chi connectivity index (χ1n) is 20.5. The second-order valence-corrected chi connectivity index (χ2v) is 19.0. The molecule has 6 bridgehead atoms. The molecule has 6 unspecified atom stereocenters. The molecule has 0 amide bonds. The number of fused-ring (bicyclic) bond motifs is 7. The van der Waals surface area contributed by atoms with Crippen LogP contribution in [0, 0.1) is 41.4 Å². The quantitative estimate of drug-likeness (QED) is 0.132. The van der Waals surface area contributed by atoms with Gasteiger partial charge in [-0.25, -0.2) is 4.99 Å². The fourth-order valence-electron chi connectivity index (χ4n) is 8.79. The molecule has 0 radical (unpaired) electrons. The number of guanidine groups is 1. The number of hydrogen-bond donors (Lipinski definition) is 7. The first-order chi connectivity index (χ1) is 28.0. The largest absolute Gasteiger partial charge is 0.504 e. The minimum absolute atomic E-state index is 0.00970. The van der Waals surface area contributed by atoms with Gasteiger partial charge in [-0.3, -0.25) is 10.1 Å². The zero-order chi connectivity index (χ0) is 40.8. The number of phenolic OH excluding ortho intramolecular Hbond substituents is 1. The van der Waals surface area contributed by atoms with E-state index in [-0.39, 0.29) is 66.7 Å². The highest BCUT2D eigenvalue weighted by Gasteiger charge is 2.42. The number of ether oxygens (including phenoxy) is 3. The van der Waals surface area contributed by atoms with Crippen molar-refractivity contribution in [3.63, 3.8) is 0 Å². The van der Waals surface area contributed by atoms with Gasteiger partial charge in [0, 0.05) is 65.7 Å². The van der Waals surface area contributed by atoms with Crippen molar-refractivity contribution in [3.8, 4) is 46.7 Å². The number of nitrogens with zero attached hydrogens (tertiary/aromatic N) is 1. The Kier molecular flexibility index (Phi) is 13.9. The Morgan fingerprint density at radius 1 is 1.03 bits per heavy atom. The van der Waals surface area contributed by atoms with Gasteiger partial charge in [0.05, 0.1) is 23.8 Å². The third kappa shape index (κ3) is 9.81. The van der Waals surface area contributed by atoms with E-state index < -0.39 is 25.2 Å². The molecule has 4 aliphatic heterocycles. The minimum atomic E-state index is -1.20. The van der Waals surface area contributed by atoms with E-state index in [0.29, 0.717) is 72.4 Å². The molecule has 1 saturated carbocycles. The van der Waals surface area contributed by atoms with Crippen LogP contribution >= 0.6 is 21.6 Å². The van der Waals surface area contributed by atoms with Crippen molar-refractivity contribution in [1.82, 2.24) is 10.6 Å². The monoisotopic (exact) mass is 832 g/mol. The second-order valence-electron chi connectivity index (χ2n) is 16.5. The van der Waals surface area contributed by atoms with Gasteiger partial charge >= 0.3 is 0 Å². The molecule has 1 fully saturated rings. The lowest BCUT2D eigenvalue weighted by molar-refractivity contribution is -0.121. The van der Waals surface area contributed by atoms with Crippen LogP contribution in [0.15, 0.2) is 23.2 Å². The molecule has 2 aliphatic carbocycles. The molecule has 14 heteroatoms. The number of nitrogens with two attached hydrogens (primary N) is 1. The summed E-state index contributed by atoms with van der Waals surface area (Å²) in [7, 11) is 3.53. The molecule has 2 aromatic carbocycles. The van der Waals surface area contributed by atoms with Gasteiger partial charge in [0.15, 0.2) is 35.8 Å². The van der Waals surface area contributed by atoms with Crippen molar-refractivity contribution in [2.75, 3.05) is 25.0 Å². The van der Waals surface area contributed by atoms with Gasteiger partial charge in [-0.1, -0.05) is 84.1 Å². The molecule has 6 atom stereocenters. The Morgan fingerprint density at radius 3 is 2.64 bits per heavy atom. The maximum atomic E-state index is 13.2. The zero-order valence-corrected chi connectivity index (χ0v) is 35.0. The maximum absolute atomic E-state index is 13.2. The van der Waals surface area contributed by atoms with Crippen LogP contribution in [0.4, 0.5) is 0 Å². The van der Waals surface area contributed by atoms with Crippen molar-refractivity contribution in [1.29, 1.82) is 0 Å². The number of benzene rings is 2. The van der Waals surface area contributed by atoms with Crippen LogP contribution in [-0.4, -0.2) is 87.2 Å². The summed E-state index contributed by atoms with van der Waals surface area (Å²) in [5.41, 5.74) is 9.99. The molecule has 312 valence electrons. The number of aliphatic hydroxyl groups is 3. The van der Waals surface area contributed by atoms with E-state index in [4.69, 9.17) is 24.9 Å². The first kappa shape index (κ1) is 42.4. The van der Waals surface area contributed by atoms with Crippen LogP contribution in [0.3, 0.4) is 0 Å². The van der Waals surface area contributed by atoms with Crippen LogP contribution in [0.2, 0.25) is 0 Å². The number of carbonyl (C=O) groups is 1. The molecule has 12 nitrogen and oxygen atoms in total. The average Bonchev–Trinajstić information content (AvgIpc) is 3.65. The SMILES string of the molecule is CC(C)C1CSSCC2C(C#CCC3(CCCC3)NCOc3c4cc(c5c3OC(O)C2C5)CCC(O)CC(=O)CCc2ccc(O)c(OCO)c2C#CC4)NC(N)=N1. The van der Waals surface area contributed by atoms with E-state index >= 15 is 0 Å². The van der Waals surface area contributed by atoms with Crippen molar-refractivity contribution < 1.29 is 39.4 Å². The van der Waals surface area contributed by atoms with Crippen LogP contribution in [0.5, 0.6) is 23.0 Å². The average molecular weight is 833 g/mol. The number of nitrogens with one attached hydrogen (secondary N) is 2. The molecule has 0 aromatic heterocycles. The maximum Gasteiger partial charge on any atom is 0.201 e. The molecule has 4 heterocycles. The van der Waals surface area contributed by atoms with E-state index in [2.05, 4.69) is 54.2 Å². The van der Waals surface area contributed by atoms with Crippen LogP contribution in [0.25, 0.3) is 0 Å². The van der Waals surface area contributed by atoms with Crippen molar-refractivity contribution in [2.24, 2.45) is 28.5 Å². The van der Waals surface area contributed by atoms with E-state index in [9.17, 15) is 25.2 Å². The van der Waals surface area contributed by atoms with Crippen LogP contribution in [-0.2, 0) is 30.5 Å². The van der Waals surface area contributed by atoms with E-state index in [0.717, 1.165) is 48.1 Å². The van der Waals surface area contributed by atoms with Gasteiger partial charge in [0.25, 0.3) is 0 Å². The number of phenols is 1. The second kappa shape index (κ2) is 19.1. The Labute approximate surface area is 349 Å². The predicted molar refractivity (Wildman–Crippen MR) is 227 cm³/mol. The Morgan fingerprint density at radius 2 is 1.84 bits per heavy atom. The van der Waals surface area contributed by atoms with Gasteiger partial charge in [0.1, 0.15) is 12.5 Å². The summed E-state index contributed by atoms with van der Waals surface area (Å²) in [6.45, 7) is 3.81. The Bertz CT molecular complexity index is 1980. The topological polar surface area (TPSA) is 188 Å². The lowest BCUT2D eigenvalue weighted by atomic mass is 9.78. The highest BCUT2D eigenvalue weighted by molar-refractivity contribution is 8.76.